The summed E-state index contributed by atoms with van der Waals surface area (Å²) >= 11 is 0. The van der Waals surface area contributed by atoms with Crippen molar-refractivity contribution in [1.82, 2.24) is 5.43 Å². The maximum atomic E-state index is 11.1. The summed E-state index contributed by atoms with van der Waals surface area (Å²) in [5, 5.41) is 0. The molecule has 0 radical (unpaired) electrons. The van der Waals surface area contributed by atoms with Gasteiger partial charge in [0.1, 0.15) is 5.75 Å². The highest BCUT2D eigenvalue weighted by Gasteiger charge is 2.17. The Morgan fingerprint density at radius 1 is 1.50 bits per heavy atom. The standard InChI is InChI=1S/C10H12N2O4/c1-6(10(13)12-11)16-7-2-3-8-9(4-7)15-5-14-8/h2-4,6H,5,11H2,1H3,(H,12,13)/t6-/m1/s1. The molecule has 0 fully saturated rings. The van der Waals surface area contributed by atoms with Gasteiger partial charge in [-0.05, 0) is 19.1 Å². The average molecular weight is 224 g/mol. The largest absolute Gasteiger partial charge is 0.481 e. The average Bonchev–Trinajstić information content (AvgIpc) is 2.75. The van der Waals surface area contributed by atoms with Gasteiger partial charge in [-0.1, -0.05) is 0 Å². The number of hydrogen-bond donors (Lipinski definition) is 2. The molecule has 0 unspecified atom stereocenters. The number of amides is 1. The van der Waals surface area contributed by atoms with Gasteiger partial charge in [-0.25, -0.2) is 5.84 Å². The maximum Gasteiger partial charge on any atom is 0.274 e. The first-order chi connectivity index (χ1) is 7.70. The number of nitrogens with one attached hydrogen (secondary N) is 1. The van der Waals surface area contributed by atoms with Crippen LogP contribution in [0.5, 0.6) is 17.2 Å². The third-order valence-corrected chi connectivity index (χ3v) is 2.17. The van der Waals surface area contributed by atoms with E-state index in [1.54, 1.807) is 25.1 Å². The van der Waals surface area contributed by atoms with Crippen LogP contribution in [-0.4, -0.2) is 18.8 Å². The SMILES string of the molecule is C[C@@H](Oc1ccc2c(c1)OCO2)C(=O)NN. The first-order valence-corrected chi connectivity index (χ1v) is 4.77. The Labute approximate surface area is 92.2 Å². The van der Waals surface area contributed by atoms with Crippen molar-refractivity contribution in [3.8, 4) is 17.2 Å². The van der Waals surface area contributed by atoms with Crippen LogP contribution in [0.4, 0.5) is 0 Å². The van der Waals surface area contributed by atoms with Gasteiger partial charge in [0, 0.05) is 6.07 Å². The maximum absolute atomic E-state index is 11.1. The molecule has 86 valence electrons. The van der Waals surface area contributed by atoms with Crippen LogP contribution in [0.2, 0.25) is 0 Å². The van der Waals surface area contributed by atoms with Gasteiger partial charge in [0.05, 0.1) is 0 Å². The fourth-order valence-corrected chi connectivity index (χ4v) is 1.33. The molecule has 6 heteroatoms. The number of hydrazine groups is 1. The summed E-state index contributed by atoms with van der Waals surface area (Å²) in [5.74, 6) is 6.41. The minimum absolute atomic E-state index is 0.206. The molecule has 1 aromatic carbocycles. The Morgan fingerprint density at radius 2 is 2.25 bits per heavy atom. The minimum atomic E-state index is -0.662. The summed E-state index contributed by atoms with van der Waals surface area (Å²) in [4.78, 5) is 11.1. The first kappa shape index (κ1) is 10.6. The predicted octanol–water partition coefficient (Wildman–Crippen LogP) is 0.172. The summed E-state index contributed by atoms with van der Waals surface area (Å²) in [5.41, 5.74) is 2.02. The highest BCUT2D eigenvalue weighted by atomic mass is 16.7. The van der Waals surface area contributed by atoms with Crippen molar-refractivity contribution in [1.29, 1.82) is 0 Å². The zero-order valence-corrected chi connectivity index (χ0v) is 8.73. The van der Waals surface area contributed by atoms with Gasteiger partial charge in [0.2, 0.25) is 6.79 Å². The lowest BCUT2D eigenvalue weighted by molar-refractivity contribution is -0.127. The molecule has 0 spiro atoms. The van der Waals surface area contributed by atoms with Crippen molar-refractivity contribution < 1.29 is 19.0 Å². The summed E-state index contributed by atoms with van der Waals surface area (Å²) < 4.78 is 15.7. The number of fused-ring (bicyclic) bond motifs is 1. The topological polar surface area (TPSA) is 82.8 Å². The van der Waals surface area contributed by atoms with Crippen LogP contribution in [0.15, 0.2) is 18.2 Å². The first-order valence-electron chi connectivity index (χ1n) is 4.77. The van der Waals surface area contributed by atoms with Gasteiger partial charge < -0.3 is 14.2 Å². The summed E-state index contributed by atoms with van der Waals surface area (Å²) in [6.45, 7) is 1.81. The number of nitrogens with two attached hydrogens (primary N) is 1. The Morgan fingerprint density at radius 3 is 3.00 bits per heavy atom. The number of hydrogen-bond acceptors (Lipinski definition) is 5. The molecule has 0 saturated heterocycles. The number of ether oxygens (including phenoxy) is 3. The number of carbonyl (C=O) groups excluding carboxylic acids is 1. The predicted molar refractivity (Wildman–Crippen MR) is 55.0 cm³/mol. The van der Waals surface area contributed by atoms with E-state index in [-0.39, 0.29) is 6.79 Å². The van der Waals surface area contributed by atoms with Crippen molar-refractivity contribution in [2.75, 3.05) is 6.79 Å². The molecule has 6 nitrogen and oxygen atoms in total. The van der Waals surface area contributed by atoms with E-state index in [9.17, 15) is 4.79 Å². The molecule has 1 atom stereocenters. The third kappa shape index (κ3) is 2.01. The summed E-state index contributed by atoms with van der Waals surface area (Å²) in [6.07, 6.45) is -0.662. The van der Waals surface area contributed by atoms with Crippen molar-refractivity contribution in [3.05, 3.63) is 18.2 Å². The lowest BCUT2D eigenvalue weighted by Gasteiger charge is -2.12. The smallest absolute Gasteiger partial charge is 0.274 e. The normalized spacial score (nSPS) is 14.4. The van der Waals surface area contributed by atoms with Gasteiger partial charge >= 0.3 is 0 Å². The zero-order valence-electron chi connectivity index (χ0n) is 8.73. The van der Waals surface area contributed by atoms with Crippen molar-refractivity contribution in [2.45, 2.75) is 13.0 Å². The van der Waals surface area contributed by atoms with Crippen molar-refractivity contribution >= 4 is 5.91 Å². The second kappa shape index (κ2) is 4.28. The Hall–Kier alpha value is -1.95. The molecule has 0 aliphatic carbocycles. The van der Waals surface area contributed by atoms with Crippen LogP contribution in [0.25, 0.3) is 0 Å². The van der Waals surface area contributed by atoms with E-state index in [0.29, 0.717) is 17.2 Å². The number of carbonyl (C=O) groups is 1. The third-order valence-electron chi connectivity index (χ3n) is 2.17. The molecule has 0 saturated carbocycles. The molecular weight excluding hydrogens is 212 g/mol. The van der Waals surface area contributed by atoms with E-state index in [2.05, 4.69) is 0 Å². The van der Waals surface area contributed by atoms with Gasteiger partial charge in [0.25, 0.3) is 5.91 Å². The van der Waals surface area contributed by atoms with E-state index >= 15 is 0 Å². The fourth-order valence-electron chi connectivity index (χ4n) is 1.33. The summed E-state index contributed by atoms with van der Waals surface area (Å²) in [7, 11) is 0. The van der Waals surface area contributed by atoms with Crippen LogP contribution in [0, 0.1) is 0 Å². The molecule has 1 heterocycles. The van der Waals surface area contributed by atoms with E-state index in [1.807, 2.05) is 5.43 Å². The molecule has 3 N–H and O–H groups in total. The van der Waals surface area contributed by atoms with Crippen LogP contribution in [-0.2, 0) is 4.79 Å². The molecule has 1 amide bonds. The minimum Gasteiger partial charge on any atom is -0.481 e. The molecule has 1 aliphatic heterocycles. The van der Waals surface area contributed by atoms with E-state index in [4.69, 9.17) is 20.1 Å². The van der Waals surface area contributed by atoms with Gasteiger partial charge in [-0.3, -0.25) is 10.2 Å². The molecule has 1 aliphatic rings. The van der Waals surface area contributed by atoms with E-state index in [0.717, 1.165) is 0 Å². The van der Waals surface area contributed by atoms with E-state index in [1.165, 1.54) is 0 Å². The monoisotopic (exact) mass is 224 g/mol. The van der Waals surface area contributed by atoms with Crippen molar-refractivity contribution in [2.24, 2.45) is 5.84 Å². The molecule has 16 heavy (non-hydrogen) atoms. The Bertz CT molecular complexity index is 408. The highest BCUT2D eigenvalue weighted by molar-refractivity contribution is 5.80. The lowest BCUT2D eigenvalue weighted by Crippen LogP contribution is -2.40. The zero-order chi connectivity index (χ0) is 11.5. The summed E-state index contributed by atoms with van der Waals surface area (Å²) in [6, 6.07) is 5.10. The van der Waals surface area contributed by atoms with Gasteiger partial charge in [0.15, 0.2) is 17.6 Å². The second-order valence-electron chi connectivity index (χ2n) is 3.28. The van der Waals surface area contributed by atoms with Crippen LogP contribution in [0.3, 0.4) is 0 Å². The van der Waals surface area contributed by atoms with Crippen molar-refractivity contribution in [3.63, 3.8) is 0 Å². The van der Waals surface area contributed by atoms with Crippen LogP contribution < -0.4 is 25.5 Å². The fraction of sp³-hybridized carbons (Fsp3) is 0.300. The Balaban J connectivity index is 2.08. The lowest BCUT2D eigenvalue weighted by atomic mass is 10.3. The quantitative estimate of drug-likeness (QED) is 0.434. The Kier molecular flexibility index (Phi) is 2.82. The van der Waals surface area contributed by atoms with Gasteiger partial charge in [-0.2, -0.15) is 0 Å². The number of benzene rings is 1. The number of rotatable bonds is 3. The van der Waals surface area contributed by atoms with Crippen LogP contribution >= 0.6 is 0 Å². The molecule has 2 rings (SSSR count). The molecular formula is C10H12N2O4. The molecule has 1 aromatic rings. The molecule has 0 aromatic heterocycles. The second-order valence-corrected chi connectivity index (χ2v) is 3.28. The van der Waals surface area contributed by atoms with Gasteiger partial charge in [-0.15, -0.1) is 0 Å². The van der Waals surface area contributed by atoms with Crippen LogP contribution in [0.1, 0.15) is 6.92 Å². The van der Waals surface area contributed by atoms with E-state index < -0.39 is 12.0 Å². The molecule has 0 bridgehead atoms. The highest BCUT2D eigenvalue weighted by Crippen LogP contribution is 2.35.